The third-order valence-corrected chi connectivity index (χ3v) is 4.26. The van der Waals surface area contributed by atoms with E-state index in [1.165, 1.54) is 12.8 Å². The minimum absolute atomic E-state index is 0.193. The van der Waals surface area contributed by atoms with Gasteiger partial charge < -0.3 is 4.74 Å². The third kappa shape index (κ3) is 5.60. The van der Waals surface area contributed by atoms with Crippen LogP contribution < -0.4 is 0 Å². The first kappa shape index (κ1) is 19.0. The number of esters is 1. The molecule has 2 heteroatoms. The van der Waals surface area contributed by atoms with Crippen molar-refractivity contribution >= 4 is 11.5 Å². The number of hydrogen-bond acceptors (Lipinski definition) is 2. The van der Waals surface area contributed by atoms with Crippen LogP contribution in [-0.2, 0) is 9.53 Å². The molecule has 25 heavy (non-hydrogen) atoms. The number of unbranched alkanes of at least 4 members (excludes halogenated alkanes) is 3. The smallest absolute Gasteiger partial charge is 0.334 e. The summed E-state index contributed by atoms with van der Waals surface area (Å²) in [6.45, 7) is 4.69. The fraction of sp³-hybridized carbons (Fsp3) is 0.348. The number of ether oxygens (including phenoxy) is 1. The third-order valence-electron chi connectivity index (χ3n) is 4.26. The minimum Gasteiger partial charge on any atom is -0.462 e. The van der Waals surface area contributed by atoms with E-state index in [-0.39, 0.29) is 5.97 Å². The van der Waals surface area contributed by atoms with E-state index in [2.05, 4.69) is 6.92 Å². The number of rotatable bonds is 9. The quantitative estimate of drug-likeness (QED) is 0.318. The van der Waals surface area contributed by atoms with Gasteiger partial charge in [0, 0.05) is 5.57 Å². The van der Waals surface area contributed by atoms with Gasteiger partial charge in [-0.1, -0.05) is 93.8 Å². The summed E-state index contributed by atoms with van der Waals surface area (Å²) in [6, 6.07) is 20.2. The molecule has 0 heterocycles. The molecule has 2 aromatic rings. The molecule has 0 unspecified atom stereocenters. The van der Waals surface area contributed by atoms with Gasteiger partial charge in [0.25, 0.3) is 0 Å². The van der Waals surface area contributed by atoms with Crippen molar-refractivity contribution in [2.75, 3.05) is 6.61 Å². The predicted octanol–water partition coefficient (Wildman–Crippen LogP) is 6.02. The molecule has 0 saturated heterocycles. The van der Waals surface area contributed by atoms with Gasteiger partial charge in [0.2, 0.25) is 0 Å². The van der Waals surface area contributed by atoms with Crippen LogP contribution in [0.3, 0.4) is 0 Å². The van der Waals surface area contributed by atoms with Crippen LogP contribution in [0.2, 0.25) is 0 Å². The highest BCUT2D eigenvalue weighted by Gasteiger charge is 2.18. The van der Waals surface area contributed by atoms with E-state index in [1.54, 1.807) is 0 Å². The lowest BCUT2D eigenvalue weighted by Gasteiger charge is -2.15. The van der Waals surface area contributed by atoms with Crippen LogP contribution in [0.4, 0.5) is 0 Å². The van der Waals surface area contributed by atoms with E-state index in [9.17, 15) is 4.79 Å². The Morgan fingerprint density at radius 2 is 1.36 bits per heavy atom. The van der Waals surface area contributed by atoms with E-state index in [0.29, 0.717) is 13.0 Å². The molecule has 0 aromatic heterocycles. The summed E-state index contributed by atoms with van der Waals surface area (Å²) < 4.78 is 5.57. The molecule has 0 aliphatic heterocycles. The molecular formula is C23H28O2. The topological polar surface area (TPSA) is 26.3 Å². The molecule has 0 fully saturated rings. The molecule has 0 saturated carbocycles. The summed E-state index contributed by atoms with van der Waals surface area (Å²) in [7, 11) is 0. The van der Waals surface area contributed by atoms with Gasteiger partial charge >= 0.3 is 5.97 Å². The Morgan fingerprint density at radius 3 is 1.84 bits per heavy atom. The Bertz CT molecular complexity index is 630. The van der Waals surface area contributed by atoms with E-state index in [1.807, 2.05) is 67.6 Å². The van der Waals surface area contributed by atoms with Crippen molar-refractivity contribution in [3.05, 3.63) is 77.4 Å². The van der Waals surface area contributed by atoms with E-state index in [4.69, 9.17) is 4.74 Å². The number of carbonyl (C=O) groups excluding carboxylic acids is 1. The molecule has 0 radical (unpaired) electrons. The van der Waals surface area contributed by atoms with Crippen molar-refractivity contribution < 1.29 is 9.53 Å². The Morgan fingerprint density at radius 1 is 0.800 bits per heavy atom. The van der Waals surface area contributed by atoms with Crippen LogP contribution in [-0.4, -0.2) is 12.6 Å². The average Bonchev–Trinajstić information content (AvgIpc) is 2.67. The fourth-order valence-electron chi connectivity index (χ4n) is 2.93. The van der Waals surface area contributed by atoms with Gasteiger partial charge in [0.1, 0.15) is 0 Å². The molecule has 2 nitrogen and oxygen atoms in total. The van der Waals surface area contributed by atoms with E-state index >= 15 is 0 Å². The molecule has 0 aliphatic carbocycles. The molecule has 0 N–H and O–H groups in total. The van der Waals surface area contributed by atoms with Crippen LogP contribution in [0, 0.1) is 0 Å². The first-order valence-corrected chi connectivity index (χ1v) is 9.29. The Labute approximate surface area is 151 Å². The SMILES string of the molecule is CCCCCCOC(=O)C(CC)=C(c1ccccc1)c1ccccc1. The largest absolute Gasteiger partial charge is 0.462 e. The maximum Gasteiger partial charge on any atom is 0.334 e. The molecule has 0 amide bonds. The second-order valence-corrected chi connectivity index (χ2v) is 6.14. The zero-order valence-corrected chi connectivity index (χ0v) is 15.3. The summed E-state index contributed by atoms with van der Waals surface area (Å²) >= 11 is 0. The molecule has 0 spiro atoms. The number of carbonyl (C=O) groups is 1. The Hall–Kier alpha value is -2.35. The summed E-state index contributed by atoms with van der Waals surface area (Å²) in [6.07, 6.45) is 5.06. The lowest BCUT2D eigenvalue weighted by atomic mass is 9.92. The zero-order chi connectivity index (χ0) is 17.9. The van der Waals surface area contributed by atoms with Crippen LogP contribution in [0.15, 0.2) is 66.2 Å². The second kappa shape index (κ2) is 10.5. The lowest BCUT2D eigenvalue weighted by Crippen LogP contribution is -2.11. The summed E-state index contributed by atoms with van der Waals surface area (Å²) in [5.74, 6) is -0.193. The van der Waals surface area contributed by atoms with Crippen LogP contribution in [0.1, 0.15) is 57.1 Å². The zero-order valence-electron chi connectivity index (χ0n) is 15.3. The van der Waals surface area contributed by atoms with Crippen LogP contribution in [0.25, 0.3) is 5.57 Å². The molecule has 0 bridgehead atoms. The van der Waals surface area contributed by atoms with Gasteiger partial charge in [0.15, 0.2) is 0 Å². The van der Waals surface area contributed by atoms with Gasteiger partial charge in [-0.2, -0.15) is 0 Å². The van der Waals surface area contributed by atoms with E-state index in [0.717, 1.165) is 35.1 Å². The van der Waals surface area contributed by atoms with Gasteiger partial charge in [0.05, 0.1) is 6.61 Å². The van der Waals surface area contributed by atoms with Gasteiger partial charge in [-0.15, -0.1) is 0 Å². The lowest BCUT2D eigenvalue weighted by molar-refractivity contribution is -0.139. The molecule has 2 aromatic carbocycles. The minimum atomic E-state index is -0.193. The Balaban J connectivity index is 2.29. The molecule has 132 valence electrons. The molecule has 0 atom stereocenters. The normalized spacial score (nSPS) is 10.3. The highest BCUT2D eigenvalue weighted by molar-refractivity contribution is 6.01. The molecule has 0 aliphatic rings. The molecular weight excluding hydrogens is 308 g/mol. The second-order valence-electron chi connectivity index (χ2n) is 6.14. The van der Waals surface area contributed by atoms with Gasteiger partial charge in [-0.05, 0) is 29.5 Å². The first-order chi connectivity index (χ1) is 12.3. The molecule has 2 rings (SSSR count). The first-order valence-electron chi connectivity index (χ1n) is 9.29. The fourth-order valence-corrected chi connectivity index (χ4v) is 2.93. The average molecular weight is 336 g/mol. The van der Waals surface area contributed by atoms with Crippen molar-refractivity contribution in [3.63, 3.8) is 0 Å². The summed E-state index contributed by atoms with van der Waals surface area (Å²) in [5, 5.41) is 0. The van der Waals surface area contributed by atoms with Crippen LogP contribution >= 0.6 is 0 Å². The highest BCUT2D eigenvalue weighted by atomic mass is 16.5. The van der Waals surface area contributed by atoms with Gasteiger partial charge in [-0.25, -0.2) is 4.79 Å². The number of benzene rings is 2. The Kier molecular flexibility index (Phi) is 7.97. The standard InChI is InChI=1S/C23H28O2/c1-3-5-6-13-18-25-23(24)21(4-2)22(19-14-9-7-10-15-19)20-16-11-8-12-17-20/h7-12,14-17H,3-6,13,18H2,1-2H3. The van der Waals surface area contributed by atoms with Crippen LogP contribution in [0.5, 0.6) is 0 Å². The van der Waals surface area contributed by atoms with Crippen molar-refractivity contribution in [1.82, 2.24) is 0 Å². The summed E-state index contributed by atoms with van der Waals surface area (Å²) in [4.78, 5) is 12.7. The summed E-state index contributed by atoms with van der Waals surface area (Å²) in [5.41, 5.74) is 3.82. The maximum atomic E-state index is 12.7. The highest BCUT2D eigenvalue weighted by Crippen LogP contribution is 2.29. The van der Waals surface area contributed by atoms with E-state index < -0.39 is 0 Å². The van der Waals surface area contributed by atoms with Crippen molar-refractivity contribution in [1.29, 1.82) is 0 Å². The van der Waals surface area contributed by atoms with Crippen molar-refractivity contribution in [3.8, 4) is 0 Å². The van der Waals surface area contributed by atoms with Crippen molar-refractivity contribution in [2.45, 2.75) is 46.0 Å². The number of hydrogen-bond donors (Lipinski definition) is 0. The predicted molar refractivity (Wildman–Crippen MR) is 104 cm³/mol. The monoisotopic (exact) mass is 336 g/mol. The van der Waals surface area contributed by atoms with Crippen molar-refractivity contribution in [2.24, 2.45) is 0 Å². The van der Waals surface area contributed by atoms with Gasteiger partial charge in [-0.3, -0.25) is 0 Å². The maximum absolute atomic E-state index is 12.7.